The normalized spacial score (nSPS) is 10.9. The summed E-state index contributed by atoms with van der Waals surface area (Å²) in [6, 6.07) is 18.4. The van der Waals surface area contributed by atoms with Crippen molar-refractivity contribution in [3.8, 4) is 22.8 Å². The Hall–Kier alpha value is -4.39. The second-order valence-corrected chi connectivity index (χ2v) is 7.14. The Morgan fingerprint density at radius 3 is 2.84 bits per heavy atom. The summed E-state index contributed by atoms with van der Waals surface area (Å²) in [7, 11) is 1.86. The van der Waals surface area contributed by atoms with Gasteiger partial charge in [-0.05, 0) is 42.5 Å². The molecule has 5 rings (SSSR count). The number of aromatic nitrogens is 4. The quantitative estimate of drug-likeness (QED) is 0.427. The van der Waals surface area contributed by atoms with Gasteiger partial charge in [0.1, 0.15) is 11.5 Å². The number of aromatic amines is 1. The molecule has 0 unspecified atom stereocenters. The maximum absolute atomic E-state index is 12.7. The highest BCUT2D eigenvalue weighted by molar-refractivity contribution is 6.06. The van der Waals surface area contributed by atoms with E-state index in [-0.39, 0.29) is 5.91 Å². The number of benzene rings is 2. The molecule has 2 N–H and O–H groups in total. The minimum atomic E-state index is -0.178. The molecule has 31 heavy (non-hydrogen) atoms. The number of fused-ring (bicyclic) bond motifs is 1. The van der Waals surface area contributed by atoms with Gasteiger partial charge in [0.2, 0.25) is 0 Å². The molecule has 0 aliphatic carbocycles. The number of nitrogens with zero attached hydrogens (tertiary/aromatic N) is 3. The largest absolute Gasteiger partial charge is 0.457 e. The van der Waals surface area contributed by atoms with Crippen molar-refractivity contribution in [2.24, 2.45) is 7.05 Å². The maximum Gasteiger partial charge on any atom is 0.255 e. The molecule has 0 atom stereocenters. The van der Waals surface area contributed by atoms with Gasteiger partial charge in [-0.1, -0.05) is 6.07 Å². The molecule has 2 aromatic carbocycles. The Morgan fingerprint density at radius 2 is 1.97 bits per heavy atom. The lowest BCUT2D eigenvalue weighted by molar-refractivity contribution is 0.102. The van der Waals surface area contributed by atoms with Crippen molar-refractivity contribution in [1.29, 1.82) is 0 Å². The van der Waals surface area contributed by atoms with E-state index in [9.17, 15) is 4.79 Å². The number of aryl methyl sites for hydroxylation is 1. The van der Waals surface area contributed by atoms with Gasteiger partial charge in [0.15, 0.2) is 0 Å². The summed E-state index contributed by atoms with van der Waals surface area (Å²) in [6.45, 7) is 0. The fourth-order valence-corrected chi connectivity index (χ4v) is 3.36. The first-order valence-electron chi connectivity index (χ1n) is 9.75. The van der Waals surface area contributed by atoms with Crippen LogP contribution in [0.25, 0.3) is 22.2 Å². The predicted molar refractivity (Wildman–Crippen MR) is 119 cm³/mol. The number of nitrogens with one attached hydrogen (secondary N) is 2. The smallest absolute Gasteiger partial charge is 0.255 e. The highest BCUT2D eigenvalue weighted by Gasteiger charge is 2.09. The van der Waals surface area contributed by atoms with Crippen LogP contribution in [-0.2, 0) is 7.05 Å². The molecule has 3 aromatic heterocycles. The Morgan fingerprint density at radius 1 is 1.06 bits per heavy atom. The van der Waals surface area contributed by atoms with Gasteiger partial charge in [-0.25, -0.2) is 0 Å². The lowest BCUT2D eigenvalue weighted by Gasteiger charge is -2.10. The molecule has 0 saturated heterocycles. The van der Waals surface area contributed by atoms with E-state index in [0.29, 0.717) is 22.7 Å². The zero-order chi connectivity index (χ0) is 21.2. The van der Waals surface area contributed by atoms with Crippen molar-refractivity contribution in [3.63, 3.8) is 0 Å². The third-order valence-corrected chi connectivity index (χ3v) is 4.88. The number of rotatable bonds is 5. The van der Waals surface area contributed by atoms with Crippen LogP contribution in [0.5, 0.6) is 11.5 Å². The van der Waals surface area contributed by atoms with Crippen molar-refractivity contribution >= 4 is 22.5 Å². The van der Waals surface area contributed by atoms with Gasteiger partial charge in [0.05, 0.1) is 11.9 Å². The summed E-state index contributed by atoms with van der Waals surface area (Å²) in [5.41, 5.74) is 3.92. The molecule has 152 valence electrons. The molecule has 5 aromatic rings. The van der Waals surface area contributed by atoms with E-state index in [4.69, 9.17) is 4.74 Å². The number of amides is 1. The van der Waals surface area contributed by atoms with E-state index in [1.807, 2.05) is 61.9 Å². The minimum Gasteiger partial charge on any atom is -0.457 e. The molecule has 3 heterocycles. The van der Waals surface area contributed by atoms with Crippen LogP contribution >= 0.6 is 0 Å². The summed E-state index contributed by atoms with van der Waals surface area (Å²) in [4.78, 5) is 20.2. The first-order chi connectivity index (χ1) is 15.1. The number of H-pyrrole nitrogens is 1. The molecule has 0 fully saturated rings. The topological polar surface area (TPSA) is 84.8 Å². The summed E-state index contributed by atoms with van der Waals surface area (Å²) in [5, 5.41) is 8.10. The first-order valence-corrected chi connectivity index (χ1v) is 9.75. The molecule has 0 bridgehead atoms. The van der Waals surface area contributed by atoms with Crippen LogP contribution in [0.4, 0.5) is 5.69 Å². The monoisotopic (exact) mass is 409 g/mol. The average molecular weight is 409 g/mol. The number of carbonyl (C=O) groups is 1. The number of ether oxygens (including phenoxy) is 1. The van der Waals surface area contributed by atoms with Crippen molar-refractivity contribution in [1.82, 2.24) is 19.7 Å². The van der Waals surface area contributed by atoms with Gasteiger partial charge in [-0.3, -0.25) is 14.5 Å². The van der Waals surface area contributed by atoms with Gasteiger partial charge in [-0.2, -0.15) is 5.10 Å². The molecule has 0 radical (unpaired) electrons. The van der Waals surface area contributed by atoms with Gasteiger partial charge in [0.25, 0.3) is 5.91 Å². The second kappa shape index (κ2) is 7.79. The van der Waals surface area contributed by atoms with Crippen LogP contribution in [0, 0.1) is 0 Å². The third kappa shape index (κ3) is 4.02. The Balaban J connectivity index is 1.32. The second-order valence-electron chi connectivity index (χ2n) is 7.14. The molecule has 1 amide bonds. The molecular formula is C24H19N5O2. The molecule has 0 aliphatic rings. The van der Waals surface area contributed by atoms with Crippen molar-refractivity contribution in [2.75, 3.05) is 5.32 Å². The molecule has 0 aliphatic heterocycles. The van der Waals surface area contributed by atoms with Gasteiger partial charge >= 0.3 is 0 Å². The van der Waals surface area contributed by atoms with E-state index in [1.54, 1.807) is 35.3 Å². The van der Waals surface area contributed by atoms with Gasteiger partial charge in [-0.15, -0.1) is 0 Å². The molecule has 0 spiro atoms. The Labute approximate surface area is 178 Å². The van der Waals surface area contributed by atoms with Crippen LogP contribution in [0.3, 0.4) is 0 Å². The summed E-state index contributed by atoms with van der Waals surface area (Å²) in [6.07, 6.45) is 7.20. The average Bonchev–Trinajstić information content (AvgIpc) is 3.42. The molecule has 0 saturated carbocycles. The summed E-state index contributed by atoms with van der Waals surface area (Å²) in [5.74, 6) is 1.08. The number of hydrogen-bond donors (Lipinski definition) is 2. The summed E-state index contributed by atoms with van der Waals surface area (Å²) >= 11 is 0. The van der Waals surface area contributed by atoms with Crippen LogP contribution in [0.2, 0.25) is 0 Å². The Bertz CT molecular complexity index is 1390. The van der Waals surface area contributed by atoms with E-state index in [0.717, 1.165) is 22.2 Å². The van der Waals surface area contributed by atoms with Crippen LogP contribution in [0.15, 0.2) is 85.5 Å². The zero-order valence-corrected chi connectivity index (χ0v) is 16.7. The SMILES string of the molecule is Cn1cc(-c2cc(Oc3cccc(NC(=O)c4ccc5[nH]ccc5c4)c3)ccn2)cn1. The standard InChI is InChI=1S/C24H19N5O2/c1-29-15-18(14-27-29)23-13-21(8-10-26-23)31-20-4-2-3-19(12-20)28-24(30)17-5-6-22-16(11-17)7-9-25-22/h2-15,25H,1H3,(H,28,30). The number of hydrogen-bond acceptors (Lipinski definition) is 4. The Kier molecular flexibility index (Phi) is 4.68. The minimum absolute atomic E-state index is 0.178. The van der Waals surface area contributed by atoms with Crippen LogP contribution in [-0.4, -0.2) is 25.7 Å². The van der Waals surface area contributed by atoms with Crippen molar-refractivity contribution in [3.05, 3.63) is 91.0 Å². The number of anilines is 1. The van der Waals surface area contributed by atoms with E-state index in [1.165, 1.54) is 0 Å². The van der Waals surface area contributed by atoms with Crippen molar-refractivity contribution < 1.29 is 9.53 Å². The van der Waals surface area contributed by atoms with Gasteiger partial charge in [0, 0.05) is 65.5 Å². The molecule has 7 nitrogen and oxygen atoms in total. The first kappa shape index (κ1) is 18.6. The van der Waals surface area contributed by atoms with Crippen molar-refractivity contribution in [2.45, 2.75) is 0 Å². The third-order valence-electron chi connectivity index (χ3n) is 4.88. The predicted octanol–water partition coefficient (Wildman–Crippen LogP) is 5.01. The van der Waals surface area contributed by atoms with E-state index in [2.05, 4.69) is 20.4 Å². The lowest BCUT2D eigenvalue weighted by atomic mass is 10.1. The van der Waals surface area contributed by atoms with Gasteiger partial charge < -0.3 is 15.0 Å². The molecular weight excluding hydrogens is 390 g/mol. The number of carbonyl (C=O) groups excluding carboxylic acids is 1. The number of pyridine rings is 1. The fraction of sp³-hybridized carbons (Fsp3) is 0.0417. The van der Waals surface area contributed by atoms with E-state index < -0.39 is 0 Å². The lowest BCUT2D eigenvalue weighted by Crippen LogP contribution is -2.11. The van der Waals surface area contributed by atoms with Crippen LogP contribution in [0.1, 0.15) is 10.4 Å². The van der Waals surface area contributed by atoms with E-state index >= 15 is 0 Å². The highest BCUT2D eigenvalue weighted by atomic mass is 16.5. The maximum atomic E-state index is 12.7. The summed E-state index contributed by atoms with van der Waals surface area (Å²) < 4.78 is 7.73. The molecule has 7 heteroatoms. The highest BCUT2D eigenvalue weighted by Crippen LogP contribution is 2.27. The van der Waals surface area contributed by atoms with Crippen LogP contribution < -0.4 is 10.1 Å². The fourth-order valence-electron chi connectivity index (χ4n) is 3.36. The zero-order valence-electron chi connectivity index (χ0n) is 16.7.